The number of hydrogen-bond acceptors (Lipinski definition) is 4. The van der Waals surface area contributed by atoms with Gasteiger partial charge in [-0.2, -0.15) is 5.26 Å². The van der Waals surface area contributed by atoms with Gasteiger partial charge < -0.3 is 14.4 Å². The topological polar surface area (TPSA) is 62.6 Å². The summed E-state index contributed by atoms with van der Waals surface area (Å²) in [6.07, 6.45) is 3.45. The summed E-state index contributed by atoms with van der Waals surface area (Å²) in [7, 11) is 0. The van der Waals surface area contributed by atoms with E-state index in [0.717, 1.165) is 49.9 Å². The van der Waals surface area contributed by atoms with Gasteiger partial charge in [0.25, 0.3) is 0 Å². The minimum Gasteiger partial charge on any atom is -0.381 e. The molecule has 2 aliphatic rings. The lowest BCUT2D eigenvalue weighted by Gasteiger charge is -2.42. The molecule has 0 aliphatic carbocycles. The summed E-state index contributed by atoms with van der Waals surface area (Å²) in [6.45, 7) is 4.13. The fourth-order valence-electron chi connectivity index (χ4n) is 4.73. The van der Waals surface area contributed by atoms with Crippen molar-refractivity contribution in [2.45, 2.75) is 37.7 Å². The standard InChI is InChI=1S/C26H30N2O3/c27-18-21-6-8-22(9-7-21)19-31-20-23-10-14-28(15-11-23)25(29)26(12-16-30-17-13-26)24-4-2-1-3-5-24/h1-9,23H,10-17,19-20H2. The third kappa shape index (κ3) is 4.98. The Balaban J connectivity index is 1.30. The summed E-state index contributed by atoms with van der Waals surface area (Å²) >= 11 is 0. The van der Waals surface area contributed by atoms with Crippen molar-refractivity contribution in [2.75, 3.05) is 32.9 Å². The van der Waals surface area contributed by atoms with Crippen molar-refractivity contribution in [3.05, 3.63) is 71.3 Å². The first kappa shape index (κ1) is 21.5. The highest BCUT2D eigenvalue weighted by atomic mass is 16.5. The Kier molecular flexibility index (Phi) is 7.01. The van der Waals surface area contributed by atoms with Gasteiger partial charge >= 0.3 is 0 Å². The molecular weight excluding hydrogens is 388 g/mol. The number of nitrogens with zero attached hydrogens (tertiary/aromatic N) is 2. The molecule has 0 saturated carbocycles. The van der Waals surface area contributed by atoms with Gasteiger partial charge in [0.05, 0.1) is 23.7 Å². The molecule has 1 amide bonds. The Morgan fingerprint density at radius 2 is 1.74 bits per heavy atom. The van der Waals surface area contributed by atoms with Crippen LogP contribution in [0.1, 0.15) is 42.4 Å². The number of piperidine rings is 1. The smallest absolute Gasteiger partial charge is 0.233 e. The van der Waals surface area contributed by atoms with Crippen molar-refractivity contribution >= 4 is 5.91 Å². The Morgan fingerprint density at radius 3 is 2.39 bits per heavy atom. The average molecular weight is 419 g/mol. The number of benzene rings is 2. The molecular formula is C26H30N2O3. The molecule has 0 atom stereocenters. The zero-order chi connectivity index (χ0) is 21.5. The van der Waals surface area contributed by atoms with Crippen molar-refractivity contribution < 1.29 is 14.3 Å². The number of amides is 1. The zero-order valence-corrected chi connectivity index (χ0v) is 18.0. The van der Waals surface area contributed by atoms with Crippen molar-refractivity contribution in [1.29, 1.82) is 5.26 Å². The molecule has 2 aromatic carbocycles. The largest absolute Gasteiger partial charge is 0.381 e. The number of carbonyl (C=O) groups excluding carboxylic acids is 1. The van der Waals surface area contributed by atoms with Gasteiger partial charge in [0.2, 0.25) is 5.91 Å². The van der Waals surface area contributed by atoms with Gasteiger partial charge in [-0.1, -0.05) is 42.5 Å². The lowest BCUT2D eigenvalue weighted by atomic mass is 9.72. The maximum atomic E-state index is 13.6. The number of rotatable bonds is 6. The summed E-state index contributed by atoms with van der Waals surface area (Å²) in [4.78, 5) is 15.7. The fraction of sp³-hybridized carbons (Fsp3) is 0.462. The fourth-order valence-corrected chi connectivity index (χ4v) is 4.73. The molecule has 5 nitrogen and oxygen atoms in total. The Bertz CT molecular complexity index is 890. The zero-order valence-electron chi connectivity index (χ0n) is 18.0. The van der Waals surface area contributed by atoms with Crippen LogP contribution < -0.4 is 0 Å². The Hall–Kier alpha value is -2.68. The van der Waals surface area contributed by atoms with Gasteiger partial charge in [0.1, 0.15) is 0 Å². The normalized spacial score (nSPS) is 19.0. The van der Waals surface area contributed by atoms with Crippen LogP contribution in [0.15, 0.2) is 54.6 Å². The second kappa shape index (κ2) is 10.1. The molecule has 4 rings (SSSR count). The second-order valence-corrected chi connectivity index (χ2v) is 8.62. The highest BCUT2D eigenvalue weighted by Gasteiger charge is 2.44. The predicted molar refractivity (Wildman–Crippen MR) is 118 cm³/mol. The van der Waals surface area contributed by atoms with E-state index in [1.165, 1.54) is 0 Å². The van der Waals surface area contributed by atoms with Gasteiger partial charge in [-0.25, -0.2) is 0 Å². The van der Waals surface area contributed by atoms with E-state index >= 15 is 0 Å². The van der Waals surface area contributed by atoms with Crippen molar-refractivity contribution in [1.82, 2.24) is 4.90 Å². The summed E-state index contributed by atoms with van der Waals surface area (Å²) in [5, 5.41) is 8.88. The number of likely N-dealkylation sites (tertiary alicyclic amines) is 1. The molecule has 0 spiro atoms. The summed E-state index contributed by atoms with van der Waals surface area (Å²) in [6, 6.07) is 19.9. The average Bonchev–Trinajstić information content (AvgIpc) is 2.85. The molecule has 2 aliphatic heterocycles. The number of nitriles is 1. The molecule has 2 heterocycles. The molecule has 0 unspecified atom stereocenters. The highest BCUT2D eigenvalue weighted by molar-refractivity contribution is 5.88. The van der Waals surface area contributed by atoms with Crippen LogP contribution in [-0.4, -0.2) is 43.7 Å². The lowest BCUT2D eigenvalue weighted by Crippen LogP contribution is -2.52. The first-order valence-corrected chi connectivity index (χ1v) is 11.2. The minimum absolute atomic E-state index is 0.263. The van der Waals surface area contributed by atoms with Crippen LogP contribution >= 0.6 is 0 Å². The number of carbonyl (C=O) groups is 1. The molecule has 5 heteroatoms. The van der Waals surface area contributed by atoms with E-state index in [2.05, 4.69) is 23.1 Å². The van der Waals surface area contributed by atoms with E-state index in [9.17, 15) is 4.79 Å². The van der Waals surface area contributed by atoms with E-state index in [1.807, 2.05) is 42.5 Å². The van der Waals surface area contributed by atoms with Crippen LogP contribution in [0.5, 0.6) is 0 Å². The molecule has 0 N–H and O–H groups in total. The SMILES string of the molecule is N#Cc1ccc(COCC2CCN(C(=O)C3(c4ccccc4)CCOCC3)CC2)cc1. The number of hydrogen-bond donors (Lipinski definition) is 0. The van der Waals surface area contributed by atoms with Crippen molar-refractivity contribution in [3.63, 3.8) is 0 Å². The van der Waals surface area contributed by atoms with E-state index in [0.29, 0.717) is 37.9 Å². The Morgan fingerprint density at radius 1 is 1.06 bits per heavy atom. The molecule has 2 saturated heterocycles. The van der Waals surface area contributed by atoms with Gasteiger partial charge in [-0.3, -0.25) is 4.79 Å². The van der Waals surface area contributed by atoms with E-state index < -0.39 is 5.41 Å². The molecule has 162 valence electrons. The molecule has 0 aromatic heterocycles. The van der Waals surface area contributed by atoms with Crippen LogP contribution in [0.3, 0.4) is 0 Å². The van der Waals surface area contributed by atoms with Gasteiger partial charge in [-0.05, 0) is 54.9 Å². The quantitative estimate of drug-likeness (QED) is 0.710. The maximum Gasteiger partial charge on any atom is 0.233 e. The maximum absolute atomic E-state index is 13.6. The van der Waals surface area contributed by atoms with E-state index in [-0.39, 0.29) is 5.91 Å². The molecule has 2 aromatic rings. The van der Waals surface area contributed by atoms with E-state index in [4.69, 9.17) is 14.7 Å². The van der Waals surface area contributed by atoms with Gasteiger partial charge in [-0.15, -0.1) is 0 Å². The van der Waals surface area contributed by atoms with Crippen LogP contribution in [0.2, 0.25) is 0 Å². The summed E-state index contributed by atoms with van der Waals surface area (Å²) < 4.78 is 11.5. The lowest BCUT2D eigenvalue weighted by molar-refractivity contribution is -0.143. The van der Waals surface area contributed by atoms with Gasteiger partial charge in [0, 0.05) is 32.9 Å². The third-order valence-corrected chi connectivity index (χ3v) is 6.69. The second-order valence-electron chi connectivity index (χ2n) is 8.62. The monoisotopic (exact) mass is 418 g/mol. The first-order chi connectivity index (χ1) is 15.2. The minimum atomic E-state index is -0.446. The van der Waals surface area contributed by atoms with Crippen molar-refractivity contribution in [2.24, 2.45) is 5.92 Å². The van der Waals surface area contributed by atoms with E-state index in [1.54, 1.807) is 0 Å². The van der Waals surface area contributed by atoms with Crippen LogP contribution in [-0.2, 0) is 26.3 Å². The van der Waals surface area contributed by atoms with Crippen LogP contribution in [0, 0.1) is 17.2 Å². The third-order valence-electron chi connectivity index (χ3n) is 6.69. The van der Waals surface area contributed by atoms with Crippen LogP contribution in [0.25, 0.3) is 0 Å². The summed E-state index contributed by atoms with van der Waals surface area (Å²) in [5.74, 6) is 0.740. The highest BCUT2D eigenvalue weighted by Crippen LogP contribution is 2.37. The predicted octanol–water partition coefficient (Wildman–Crippen LogP) is 4.06. The van der Waals surface area contributed by atoms with Crippen LogP contribution in [0.4, 0.5) is 0 Å². The van der Waals surface area contributed by atoms with Gasteiger partial charge in [0.15, 0.2) is 0 Å². The van der Waals surface area contributed by atoms with Crippen molar-refractivity contribution in [3.8, 4) is 6.07 Å². The first-order valence-electron chi connectivity index (χ1n) is 11.2. The molecule has 0 bridgehead atoms. The Labute approximate surface area is 184 Å². The number of ether oxygens (including phenoxy) is 2. The summed E-state index contributed by atoms with van der Waals surface area (Å²) in [5.41, 5.74) is 2.42. The molecule has 31 heavy (non-hydrogen) atoms. The molecule has 0 radical (unpaired) electrons. The molecule has 2 fully saturated rings.